The molecule has 3 aromatic rings. The normalized spacial score (nSPS) is 10.5. The Morgan fingerprint density at radius 2 is 2.00 bits per heavy atom. The Hall–Kier alpha value is -2.83. The molecule has 1 N–H and O–H groups in total. The minimum atomic E-state index is -0.325. The second-order valence-electron chi connectivity index (χ2n) is 5.42. The molecule has 134 valence electrons. The van der Waals surface area contributed by atoms with Crippen molar-refractivity contribution in [2.24, 2.45) is 0 Å². The molecule has 0 unspecified atom stereocenters. The SMILES string of the molecule is COCCOc1ccccc1NC(=O)c1ccn(-c2cccc(Cl)c2)n1. The number of amides is 1. The van der Waals surface area contributed by atoms with Crippen LogP contribution in [0.5, 0.6) is 5.75 Å². The molecule has 3 rings (SSSR count). The van der Waals surface area contributed by atoms with Crippen molar-refractivity contribution in [1.82, 2.24) is 9.78 Å². The van der Waals surface area contributed by atoms with E-state index in [9.17, 15) is 4.79 Å². The van der Waals surface area contributed by atoms with Gasteiger partial charge in [0.05, 0.1) is 18.0 Å². The van der Waals surface area contributed by atoms with Crippen LogP contribution in [0.4, 0.5) is 5.69 Å². The highest BCUT2D eigenvalue weighted by Crippen LogP contribution is 2.24. The van der Waals surface area contributed by atoms with Gasteiger partial charge in [0.2, 0.25) is 0 Å². The summed E-state index contributed by atoms with van der Waals surface area (Å²) in [5, 5.41) is 7.73. The summed E-state index contributed by atoms with van der Waals surface area (Å²) in [5.74, 6) is 0.251. The third kappa shape index (κ3) is 4.41. The standard InChI is InChI=1S/C19H18ClN3O3/c1-25-11-12-26-18-8-3-2-7-16(18)21-19(24)17-9-10-23(22-17)15-6-4-5-14(20)13-15/h2-10,13H,11-12H2,1H3,(H,21,24). The maximum atomic E-state index is 12.5. The van der Waals surface area contributed by atoms with Gasteiger partial charge in [0.1, 0.15) is 12.4 Å². The molecule has 7 heteroatoms. The van der Waals surface area contributed by atoms with Gasteiger partial charge in [0, 0.05) is 18.3 Å². The summed E-state index contributed by atoms with van der Waals surface area (Å²) in [6.45, 7) is 0.860. The first-order chi connectivity index (χ1) is 12.7. The van der Waals surface area contributed by atoms with Crippen molar-refractivity contribution in [3.8, 4) is 11.4 Å². The lowest BCUT2D eigenvalue weighted by molar-refractivity contribution is 0.102. The lowest BCUT2D eigenvalue weighted by Crippen LogP contribution is -2.14. The van der Waals surface area contributed by atoms with Crippen LogP contribution < -0.4 is 10.1 Å². The van der Waals surface area contributed by atoms with Crippen LogP contribution in [-0.4, -0.2) is 36.0 Å². The number of hydrogen-bond acceptors (Lipinski definition) is 4. The van der Waals surface area contributed by atoms with E-state index in [-0.39, 0.29) is 11.6 Å². The summed E-state index contributed by atoms with van der Waals surface area (Å²) in [5.41, 5.74) is 1.64. The second-order valence-corrected chi connectivity index (χ2v) is 5.85. The largest absolute Gasteiger partial charge is 0.489 e. The number of rotatable bonds is 7. The molecule has 0 aliphatic rings. The number of carbonyl (C=O) groups is 1. The van der Waals surface area contributed by atoms with Crippen LogP contribution in [0.15, 0.2) is 60.8 Å². The molecule has 0 radical (unpaired) electrons. The van der Waals surface area contributed by atoms with Crippen molar-refractivity contribution in [2.45, 2.75) is 0 Å². The highest BCUT2D eigenvalue weighted by molar-refractivity contribution is 6.30. The maximum Gasteiger partial charge on any atom is 0.276 e. The van der Waals surface area contributed by atoms with E-state index in [1.54, 1.807) is 48.3 Å². The predicted octanol–water partition coefficient (Wildman–Crippen LogP) is 3.80. The Bertz CT molecular complexity index is 895. The highest BCUT2D eigenvalue weighted by Gasteiger charge is 2.13. The van der Waals surface area contributed by atoms with Gasteiger partial charge in [0.15, 0.2) is 5.69 Å². The van der Waals surface area contributed by atoms with Crippen molar-refractivity contribution < 1.29 is 14.3 Å². The van der Waals surface area contributed by atoms with Crippen LogP contribution in [-0.2, 0) is 4.74 Å². The molecule has 0 saturated heterocycles. The number of benzene rings is 2. The van der Waals surface area contributed by atoms with E-state index in [0.29, 0.717) is 29.7 Å². The van der Waals surface area contributed by atoms with Crippen LogP contribution in [0.1, 0.15) is 10.5 Å². The third-order valence-electron chi connectivity index (χ3n) is 3.57. The van der Waals surface area contributed by atoms with Gasteiger partial charge in [-0.3, -0.25) is 4.79 Å². The molecule has 2 aromatic carbocycles. The van der Waals surface area contributed by atoms with Gasteiger partial charge in [-0.05, 0) is 36.4 Å². The Morgan fingerprint density at radius 3 is 2.81 bits per heavy atom. The smallest absolute Gasteiger partial charge is 0.276 e. The summed E-state index contributed by atoms with van der Waals surface area (Å²) in [7, 11) is 1.60. The van der Waals surface area contributed by atoms with Crippen LogP contribution in [0.3, 0.4) is 0 Å². The number of halogens is 1. The molecular weight excluding hydrogens is 354 g/mol. The number of carbonyl (C=O) groups excluding carboxylic acids is 1. The number of aromatic nitrogens is 2. The van der Waals surface area contributed by atoms with Gasteiger partial charge in [-0.25, -0.2) is 4.68 Å². The van der Waals surface area contributed by atoms with Crippen molar-refractivity contribution in [1.29, 1.82) is 0 Å². The number of anilines is 1. The molecule has 0 aliphatic heterocycles. The number of methoxy groups -OCH3 is 1. The Balaban J connectivity index is 1.73. The molecule has 0 bridgehead atoms. The Labute approximate surface area is 156 Å². The van der Waals surface area contributed by atoms with Crippen LogP contribution >= 0.6 is 11.6 Å². The minimum Gasteiger partial charge on any atom is -0.489 e. The average Bonchev–Trinajstić information content (AvgIpc) is 3.14. The molecule has 26 heavy (non-hydrogen) atoms. The summed E-state index contributed by atoms with van der Waals surface area (Å²) in [6.07, 6.45) is 1.71. The van der Waals surface area contributed by atoms with Crippen molar-refractivity contribution in [3.63, 3.8) is 0 Å². The van der Waals surface area contributed by atoms with E-state index >= 15 is 0 Å². The Kier molecular flexibility index (Phi) is 5.88. The fourth-order valence-electron chi connectivity index (χ4n) is 2.32. The van der Waals surface area contributed by atoms with Crippen LogP contribution in [0, 0.1) is 0 Å². The molecule has 1 aromatic heterocycles. The van der Waals surface area contributed by atoms with Gasteiger partial charge >= 0.3 is 0 Å². The number of nitrogens with one attached hydrogen (secondary N) is 1. The first-order valence-corrected chi connectivity index (χ1v) is 8.39. The van der Waals surface area contributed by atoms with E-state index in [1.807, 2.05) is 24.3 Å². The maximum absolute atomic E-state index is 12.5. The summed E-state index contributed by atoms with van der Waals surface area (Å²) in [4.78, 5) is 12.5. The molecule has 1 heterocycles. The fourth-order valence-corrected chi connectivity index (χ4v) is 2.51. The summed E-state index contributed by atoms with van der Waals surface area (Å²) in [6, 6.07) is 16.1. The van der Waals surface area contributed by atoms with E-state index in [0.717, 1.165) is 5.69 Å². The van der Waals surface area contributed by atoms with Crippen LogP contribution in [0.2, 0.25) is 5.02 Å². The molecule has 0 spiro atoms. The molecule has 6 nitrogen and oxygen atoms in total. The molecular formula is C19H18ClN3O3. The monoisotopic (exact) mass is 371 g/mol. The first kappa shape index (κ1) is 18.0. The average molecular weight is 372 g/mol. The van der Waals surface area contributed by atoms with Gasteiger partial charge in [0.25, 0.3) is 5.91 Å². The Morgan fingerprint density at radius 1 is 1.15 bits per heavy atom. The second kappa shape index (κ2) is 8.51. The van der Waals surface area contributed by atoms with Crippen molar-refractivity contribution in [2.75, 3.05) is 25.6 Å². The fraction of sp³-hybridized carbons (Fsp3) is 0.158. The van der Waals surface area contributed by atoms with Gasteiger partial charge in [-0.1, -0.05) is 29.8 Å². The zero-order chi connectivity index (χ0) is 18.4. The number of ether oxygens (including phenoxy) is 2. The highest BCUT2D eigenvalue weighted by atomic mass is 35.5. The minimum absolute atomic E-state index is 0.289. The molecule has 0 aliphatic carbocycles. The van der Waals surface area contributed by atoms with E-state index in [2.05, 4.69) is 10.4 Å². The number of nitrogens with zero attached hydrogens (tertiary/aromatic N) is 2. The summed E-state index contributed by atoms with van der Waals surface area (Å²) < 4.78 is 12.2. The lowest BCUT2D eigenvalue weighted by Gasteiger charge is -2.11. The third-order valence-corrected chi connectivity index (χ3v) is 3.81. The predicted molar refractivity (Wildman–Crippen MR) is 100 cm³/mol. The van der Waals surface area contributed by atoms with Gasteiger partial charge < -0.3 is 14.8 Å². The zero-order valence-electron chi connectivity index (χ0n) is 14.2. The molecule has 0 saturated carbocycles. The molecule has 0 atom stereocenters. The zero-order valence-corrected chi connectivity index (χ0v) is 14.9. The first-order valence-electron chi connectivity index (χ1n) is 8.01. The van der Waals surface area contributed by atoms with Gasteiger partial charge in [-0.15, -0.1) is 0 Å². The quantitative estimate of drug-likeness (QED) is 0.641. The number of para-hydroxylation sites is 2. The number of hydrogen-bond donors (Lipinski definition) is 1. The topological polar surface area (TPSA) is 65.4 Å². The van der Waals surface area contributed by atoms with Crippen molar-refractivity contribution >= 4 is 23.2 Å². The lowest BCUT2D eigenvalue weighted by atomic mass is 10.3. The molecule has 1 amide bonds. The van der Waals surface area contributed by atoms with E-state index in [4.69, 9.17) is 21.1 Å². The van der Waals surface area contributed by atoms with Gasteiger partial charge in [-0.2, -0.15) is 5.10 Å². The summed E-state index contributed by atoms with van der Waals surface area (Å²) >= 11 is 6.00. The molecule has 0 fully saturated rings. The van der Waals surface area contributed by atoms with E-state index in [1.165, 1.54) is 0 Å². The van der Waals surface area contributed by atoms with E-state index < -0.39 is 0 Å². The van der Waals surface area contributed by atoms with Crippen LogP contribution in [0.25, 0.3) is 5.69 Å². The van der Waals surface area contributed by atoms with Crippen molar-refractivity contribution in [3.05, 3.63) is 71.5 Å².